The molecule has 0 aliphatic carbocycles. The Morgan fingerprint density at radius 1 is 1.00 bits per heavy atom. The third kappa shape index (κ3) is 5.90. The molecule has 8 nitrogen and oxygen atoms in total. The molecule has 1 aliphatic rings. The molecule has 0 fully saturated rings. The van der Waals surface area contributed by atoms with E-state index in [1.165, 1.54) is 11.3 Å². The van der Waals surface area contributed by atoms with Crippen molar-refractivity contribution in [3.63, 3.8) is 0 Å². The molecule has 0 saturated heterocycles. The third-order valence-electron chi connectivity index (χ3n) is 6.69. The van der Waals surface area contributed by atoms with Crippen molar-refractivity contribution in [2.24, 2.45) is 4.99 Å². The molecule has 2 heterocycles. The van der Waals surface area contributed by atoms with Crippen LogP contribution in [0.15, 0.2) is 93.9 Å². The molecule has 0 bridgehead atoms. The lowest BCUT2D eigenvalue weighted by Crippen LogP contribution is -2.39. The highest BCUT2D eigenvalue weighted by atomic mass is 32.1. The van der Waals surface area contributed by atoms with Gasteiger partial charge in [-0.2, -0.15) is 0 Å². The number of aryl methyl sites for hydroxylation is 1. The molecular weight excluding hydrogens is 540 g/mol. The van der Waals surface area contributed by atoms with Crippen molar-refractivity contribution in [1.29, 1.82) is 0 Å². The second kappa shape index (κ2) is 11.8. The van der Waals surface area contributed by atoms with Crippen LogP contribution in [0.1, 0.15) is 52.5 Å². The first-order valence-electron chi connectivity index (χ1n) is 13.1. The van der Waals surface area contributed by atoms with Crippen molar-refractivity contribution in [1.82, 2.24) is 4.57 Å². The topological polar surface area (TPSA) is 107 Å². The van der Waals surface area contributed by atoms with Gasteiger partial charge >= 0.3 is 11.9 Å². The largest absolute Gasteiger partial charge is 0.489 e. The number of nitrogens with zero attached hydrogens (tertiary/aromatic N) is 2. The SMILES string of the molecule is CCOC(=O)C1=C(C)N=c2s/c(=C/c3ccc(OCc4ccc(C(=O)O)cc4)cc3)c(=O)n2[C@H]1c1ccc(C)cc1. The Hall–Kier alpha value is -4.76. The van der Waals surface area contributed by atoms with Crippen LogP contribution in [-0.4, -0.2) is 28.2 Å². The number of esters is 1. The Kier molecular flexibility index (Phi) is 7.98. The van der Waals surface area contributed by atoms with E-state index in [0.29, 0.717) is 33.0 Å². The number of benzene rings is 3. The van der Waals surface area contributed by atoms with Crippen molar-refractivity contribution in [2.45, 2.75) is 33.4 Å². The summed E-state index contributed by atoms with van der Waals surface area (Å²) < 4.78 is 13.3. The fourth-order valence-electron chi connectivity index (χ4n) is 4.58. The predicted octanol–water partition coefficient (Wildman–Crippen LogP) is 4.38. The van der Waals surface area contributed by atoms with Gasteiger partial charge in [-0.1, -0.05) is 65.4 Å². The van der Waals surface area contributed by atoms with Crippen LogP contribution in [0.3, 0.4) is 0 Å². The number of carbonyl (C=O) groups is 2. The van der Waals surface area contributed by atoms with Gasteiger partial charge < -0.3 is 14.6 Å². The van der Waals surface area contributed by atoms with Crippen molar-refractivity contribution >= 4 is 29.4 Å². The van der Waals surface area contributed by atoms with Gasteiger partial charge in [-0.05, 0) is 67.8 Å². The first-order valence-corrected chi connectivity index (χ1v) is 13.9. The lowest BCUT2D eigenvalue weighted by molar-refractivity contribution is -0.139. The molecule has 5 rings (SSSR count). The summed E-state index contributed by atoms with van der Waals surface area (Å²) in [6, 6.07) is 21.0. The van der Waals surface area contributed by atoms with Crippen LogP contribution in [0, 0.1) is 6.92 Å². The minimum atomic E-state index is -0.972. The fraction of sp³-hybridized carbons (Fsp3) is 0.188. The minimum Gasteiger partial charge on any atom is -0.489 e. The van der Waals surface area contributed by atoms with Crippen molar-refractivity contribution < 1.29 is 24.2 Å². The van der Waals surface area contributed by atoms with E-state index < -0.39 is 18.0 Å². The maximum absolute atomic E-state index is 13.7. The highest BCUT2D eigenvalue weighted by Gasteiger charge is 2.33. The smallest absolute Gasteiger partial charge is 0.338 e. The lowest BCUT2D eigenvalue weighted by Gasteiger charge is -2.24. The summed E-state index contributed by atoms with van der Waals surface area (Å²) in [6.45, 7) is 6.01. The summed E-state index contributed by atoms with van der Waals surface area (Å²) in [5, 5.41) is 9.04. The molecule has 0 unspecified atom stereocenters. The number of carboxylic acid groups (broad SMARTS) is 1. The molecule has 41 heavy (non-hydrogen) atoms. The van der Waals surface area contributed by atoms with E-state index in [-0.39, 0.29) is 17.7 Å². The van der Waals surface area contributed by atoms with Gasteiger partial charge in [0.2, 0.25) is 0 Å². The van der Waals surface area contributed by atoms with Gasteiger partial charge in [0.25, 0.3) is 5.56 Å². The Bertz CT molecular complexity index is 1820. The van der Waals surface area contributed by atoms with Crippen LogP contribution in [0.4, 0.5) is 0 Å². The molecule has 0 amide bonds. The number of carbonyl (C=O) groups excluding carboxylic acids is 1. The molecule has 0 radical (unpaired) electrons. The van der Waals surface area contributed by atoms with E-state index in [0.717, 1.165) is 22.3 Å². The Balaban J connectivity index is 1.44. The monoisotopic (exact) mass is 568 g/mol. The van der Waals surface area contributed by atoms with Crippen LogP contribution in [0.5, 0.6) is 5.75 Å². The van der Waals surface area contributed by atoms with Gasteiger partial charge in [-0.25, -0.2) is 14.6 Å². The highest BCUT2D eigenvalue weighted by molar-refractivity contribution is 7.07. The number of hydrogen-bond acceptors (Lipinski definition) is 7. The van der Waals surface area contributed by atoms with E-state index in [1.54, 1.807) is 48.8 Å². The predicted molar refractivity (Wildman–Crippen MR) is 156 cm³/mol. The average Bonchev–Trinajstić information content (AvgIpc) is 3.26. The molecule has 0 spiro atoms. The molecule has 1 atom stereocenters. The van der Waals surface area contributed by atoms with Crippen LogP contribution < -0.4 is 19.6 Å². The number of aromatic carboxylic acids is 1. The maximum atomic E-state index is 13.7. The Labute approximate surface area is 240 Å². The van der Waals surface area contributed by atoms with Crippen LogP contribution in [0.25, 0.3) is 6.08 Å². The number of ether oxygens (including phenoxy) is 2. The highest BCUT2D eigenvalue weighted by Crippen LogP contribution is 2.30. The van der Waals surface area contributed by atoms with Gasteiger partial charge in [-0.3, -0.25) is 9.36 Å². The molecule has 3 aromatic carbocycles. The zero-order chi connectivity index (χ0) is 29.1. The zero-order valence-electron chi connectivity index (χ0n) is 22.8. The number of rotatable bonds is 8. The quantitative estimate of drug-likeness (QED) is 0.316. The van der Waals surface area contributed by atoms with E-state index in [2.05, 4.69) is 4.99 Å². The number of carboxylic acids is 1. The van der Waals surface area contributed by atoms with E-state index in [9.17, 15) is 14.4 Å². The summed E-state index contributed by atoms with van der Waals surface area (Å²) in [5.41, 5.74) is 4.40. The Morgan fingerprint density at radius 2 is 1.68 bits per heavy atom. The van der Waals surface area contributed by atoms with Crippen LogP contribution >= 0.6 is 11.3 Å². The number of allylic oxidation sites excluding steroid dienone is 1. The lowest BCUT2D eigenvalue weighted by atomic mass is 9.95. The Morgan fingerprint density at radius 3 is 2.32 bits per heavy atom. The van der Waals surface area contributed by atoms with E-state index in [1.807, 2.05) is 55.5 Å². The van der Waals surface area contributed by atoms with Crippen molar-refractivity contribution in [3.8, 4) is 5.75 Å². The number of fused-ring (bicyclic) bond motifs is 1. The summed E-state index contributed by atoms with van der Waals surface area (Å²) in [7, 11) is 0. The molecule has 1 aliphatic heterocycles. The maximum Gasteiger partial charge on any atom is 0.338 e. The van der Waals surface area contributed by atoms with Gasteiger partial charge in [0.05, 0.1) is 34.0 Å². The summed E-state index contributed by atoms with van der Waals surface area (Å²) in [6.07, 6.45) is 1.80. The summed E-state index contributed by atoms with van der Waals surface area (Å²) in [4.78, 5) is 42.9. The standard InChI is InChI=1S/C32H28N2O6S/c1-4-39-31(38)27-20(3)33-32-34(28(27)23-11-5-19(2)6-12-23)29(35)26(41-32)17-21-9-15-25(16-10-21)40-18-22-7-13-24(14-8-22)30(36)37/h5-17,28H,4,18H2,1-3H3,(H,36,37)/b26-17+/t28-/m0/s1. The summed E-state index contributed by atoms with van der Waals surface area (Å²) in [5.74, 6) is -0.817. The molecule has 4 aromatic rings. The second-order valence-electron chi connectivity index (χ2n) is 9.57. The zero-order valence-corrected chi connectivity index (χ0v) is 23.6. The van der Waals surface area contributed by atoms with Gasteiger partial charge in [0.1, 0.15) is 12.4 Å². The molecule has 9 heteroatoms. The van der Waals surface area contributed by atoms with E-state index in [4.69, 9.17) is 14.6 Å². The number of aromatic nitrogens is 1. The van der Waals surface area contributed by atoms with Gasteiger partial charge in [0, 0.05) is 0 Å². The molecule has 208 valence electrons. The minimum absolute atomic E-state index is 0.220. The van der Waals surface area contributed by atoms with Crippen molar-refractivity contribution in [2.75, 3.05) is 6.61 Å². The van der Waals surface area contributed by atoms with Crippen LogP contribution in [-0.2, 0) is 16.1 Å². The number of thiazole rings is 1. The first kappa shape index (κ1) is 27.8. The summed E-state index contributed by atoms with van der Waals surface area (Å²) >= 11 is 1.27. The average molecular weight is 569 g/mol. The van der Waals surface area contributed by atoms with E-state index >= 15 is 0 Å². The van der Waals surface area contributed by atoms with Crippen molar-refractivity contribution in [3.05, 3.63) is 132 Å². The molecule has 1 aromatic heterocycles. The first-order chi connectivity index (χ1) is 19.7. The molecule has 1 N–H and O–H groups in total. The molecule has 0 saturated carbocycles. The fourth-order valence-corrected chi connectivity index (χ4v) is 5.62. The normalized spacial score (nSPS) is 14.8. The van der Waals surface area contributed by atoms with Gasteiger partial charge in [-0.15, -0.1) is 0 Å². The number of hydrogen-bond donors (Lipinski definition) is 1. The van der Waals surface area contributed by atoms with Gasteiger partial charge in [0.15, 0.2) is 4.80 Å². The van der Waals surface area contributed by atoms with Crippen LogP contribution in [0.2, 0.25) is 0 Å². The molecular formula is C32H28N2O6S. The third-order valence-corrected chi connectivity index (χ3v) is 7.68. The second-order valence-corrected chi connectivity index (χ2v) is 10.6.